The van der Waals surface area contributed by atoms with Gasteiger partial charge >= 0.3 is 0 Å². The first kappa shape index (κ1) is 10.0. The lowest BCUT2D eigenvalue weighted by Crippen LogP contribution is -1.77. The van der Waals surface area contributed by atoms with Crippen molar-refractivity contribution in [3.63, 3.8) is 0 Å². The molecule has 1 heteroatoms. The first-order valence-corrected chi connectivity index (χ1v) is 5.06. The molecular formula is C12H14S. The van der Waals surface area contributed by atoms with Gasteiger partial charge in [0.25, 0.3) is 0 Å². The highest BCUT2D eigenvalue weighted by Gasteiger charge is 1.99. The molecule has 0 saturated carbocycles. The van der Waals surface area contributed by atoms with E-state index < -0.39 is 0 Å². The Morgan fingerprint density at radius 1 is 1.38 bits per heavy atom. The number of thiophene rings is 1. The van der Waals surface area contributed by atoms with Gasteiger partial charge in [-0.3, -0.25) is 0 Å². The van der Waals surface area contributed by atoms with Gasteiger partial charge in [-0.05, 0) is 36.4 Å². The zero-order valence-electron chi connectivity index (χ0n) is 8.13. The van der Waals surface area contributed by atoms with Gasteiger partial charge in [-0.2, -0.15) is 0 Å². The average Bonchev–Trinajstić information content (AvgIpc) is 2.47. The van der Waals surface area contributed by atoms with Crippen molar-refractivity contribution in [3.05, 3.63) is 52.8 Å². The van der Waals surface area contributed by atoms with Gasteiger partial charge < -0.3 is 0 Å². The fourth-order valence-corrected chi connectivity index (χ4v) is 1.79. The van der Waals surface area contributed by atoms with Gasteiger partial charge in [-0.15, -0.1) is 11.3 Å². The molecule has 13 heavy (non-hydrogen) atoms. The Balaban J connectivity index is 2.81. The zero-order valence-corrected chi connectivity index (χ0v) is 8.95. The van der Waals surface area contributed by atoms with Gasteiger partial charge in [-0.25, -0.2) is 0 Å². The Bertz CT molecular complexity index is 353. The molecule has 68 valence electrons. The molecule has 0 spiro atoms. The average molecular weight is 190 g/mol. The quantitative estimate of drug-likeness (QED) is 0.626. The van der Waals surface area contributed by atoms with E-state index in [0.717, 1.165) is 11.1 Å². The molecule has 0 aliphatic heterocycles. The Labute approximate surface area is 83.9 Å². The van der Waals surface area contributed by atoms with Crippen LogP contribution in [0.5, 0.6) is 0 Å². The minimum Gasteiger partial charge on any atom is -0.149 e. The number of hydrogen-bond donors (Lipinski definition) is 0. The largest absolute Gasteiger partial charge is 0.149 e. The van der Waals surface area contributed by atoms with E-state index in [0.29, 0.717) is 0 Å². The van der Waals surface area contributed by atoms with Crippen LogP contribution in [-0.4, -0.2) is 0 Å². The molecule has 1 heterocycles. The first-order valence-electron chi connectivity index (χ1n) is 4.18. The molecule has 0 aliphatic rings. The highest BCUT2D eigenvalue weighted by molar-refractivity contribution is 7.10. The summed E-state index contributed by atoms with van der Waals surface area (Å²) in [6, 6.07) is 2.10. The van der Waals surface area contributed by atoms with Crippen molar-refractivity contribution in [1.82, 2.24) is 0 Å². The van der Waals surface area contributed by atoms with Crippen molar-refractivity contribution in [2.45, 2.75) is 13.8 Å². The van der Waals surface area contributed by atoms with Crippen LogP contribution in [0, 0.1) is 6.92 Å². The van der Waals surface area contributed by atoms with E-state index in [-0.39, 0.29) is 0 Å². The molecule has 0 aromatic carbocycles. The summed E-state index contributed by atoms with van der Waals surface area (Å²) < 4.78 is 0. The van der Waals surface area contributed by atoms with Crippen LogP contribution in [0.3, 0.4) is 0 Å². The summed E-state index contributed by atoms with van der Waals surface area (Å²) in [5.41, 5.74) is 3.35. The summed E-state index contributed by atoms with van der Waals surface area (Å²) in [6.07, 6.45) is 4.00. The predicted octanol–water partition coefficient (Wildman–Crippen LogP) is 4.20. The number of aryl methyl sites for hydroxylation is 1. The summed E-state index contributed by atoms with van der Waals surface area (Å²) in [5.74, 6) is 0. The lowest BCUT2D eigenvalue weighted by atomic mass is 10.1. The molecule has 0 bridgehead atoms. The first-order chi connectivity index (χ1) is 6.11. The Morgan fingerprint density at radius 2 is 2.08 bits per heavy atom. The predicted molar refractivity (Wildman–Crippen MR) is 62.0 cm³/mol. The van der Waals surface area contributed by atoms with Crippen LogP contribution in [-0.2, 0) is 0 Å². The smallest absolute Gasteiger partial charge is 0.00923 e. The van der Waals surface area contributed by atoms with Crippen molar-refractivity contribution in [2.75, 3.05) is 0 Å². The monoisotopic (exact) mass is 190 g/mol. The topological polar surface area (TPSA) is 0 Å². The molecule has 0 unspecified atom stereocenters. The Morgan fingerprint density at radius 3 is 2.54 bits per heavy atom. The minimum absolute atomic E-state index is 1.05. The van der Waals surface area contributed by atoms with Gasteiger partial charge in [0.1, 0.15) is 0 Å². The van der Waals surface area contributed by atoms with Gasteiger partial charge in [-0.1, -0.05) is 30.9 Å². The van der Waals surface area contributed by atoms with Crippen LogP contribution in [0.2, 0.25) is 0 Å². The zero-order chi connectivity index (χ0) is 9.84. The molecule has 0 N–H and O–H groups in total. The van der Waals surface area contributed by atoms with E-state index in [1.807, 2.05) is 19.1 Å². The maximum absolute atomic E-state index is 4.01. The summed E-state index contributed by atoms with van der Waals surface area (Å²) in [5, 5.41) is 2.09. The number of rotatable bonds is 3. The highest BCUT2D eigenvalue weighted by Crippen LogP contribution is 2.23. The third kappa shape index (κ3) is 2.71. The number of allylic oxidation sites excluding steroid dienone is 4. The minimum atomic E-state index is 1.05. The molecule has 0 aliphatic carbocycles. The second kappa shape index (κ2) is 4.24. The summed E-state index contributed by atoms with van der Waals surface area (Å²) in [7, 11) is 0. The molecule has 0 fully saturated rings. The van der Waals surface area contributed by atoms with Crippen LogP contribution in [0.15, 0.2) is 42.3 Å². The molecule has 0 radical (unpaired) electrons. The third-order valence-electron chi connectivity index (χ3n) is 1.77. The number of hydrogen-bond acceptors (Lipinski definition) is 1. The van der Waals surface area contributed by atoms with Crippen molar-refractivity contribution in [3.8, 4) is 0 Å². The van der Waals surface area contributed by atoms with E-state index in [1.54, 1.807) is 11.3 Å². The van der Waals surface area contributed by atoms with Crippen molar-refractivity contribution < 1.29 is 0 Å². The lowest BCUT2D eigenvalue weighted by Gasteiger charge is -1.97. The van der Waals surface area contributed by atoms with Gasteiger partial charge in [0, 0.05) is 4.88 Å². The van der Waals surface area contributed by atoms with E-state index in [4.69, 9.17) is 0 Å². The molecule has 1 aromatic rings. The van der Waals surface area contributed by atoms with Crippen molar-refractivity contribution >= 4 is 16.9 Å². The van der Waals surface area contributed by atoms with E-state index >= 15 is 0 Å². The van der Waals surface area contributed by atoms with E-state index in [2.05, 4.69) is 31.5 Å². The van der Waals surface area contributed by atoms with Crippen LogP contribution in [0.25, 0.3) is 5.57 Å². The maximum atomic E-state index is 4.01. The Kier molecular flexibility index (Phi) is 3.26. The van der Waals surface area contributed by atoms with Crippen molar-refractivity contribution in [2.24, 2.45) is 0 Å². The Hall–Kier alpha value is -1.08. The molecule has 1 rings (SSSR count). The van der Waals surface area contributed by atoms with Gasteiger partial charge in [0.2, 0.25) is 0 Å². The van der Waals surface area contributed by atoms with Gasteiger partial charge in [0.05, 0.1) is 0 Å². The fraction of sp³-hybridized carbons (Fsp3) is 0.167. The summed E-state index contributed by atoms with van der Waals surface area (Å²) in [6.45, 7) is 11.9. The van der Waals surface area contributed by atoms with E-state index in [9.17, 15) is 0 Å². The standard InChI is InChI=1S/C12H14S/c1-9(2)5-6-10(3)12-7-8-13-11(12)4/h5-8H,1,3H2,2,4H3/b6-5-. The van der Waals surface area contributed by atoms with Gasteiger partial charge in [0.15, 0.2) is 0 Å². The molecule has 0 amide bonds. The van der Waals surface area contributed by atoms with Crippen LogP contribution in [0.4, 0.5) is 0 Å². The van der Waals surface area contributed by atoms with Crippen LogP contribution >= 0.6 is 11.3 Å². The van der Waals surface area contributed by atoms with Crippen molar-refractivity contribution in [1.29, 1.82) is 0 Å². The second-order valence-electron chi connectivity index (χ2n) is 3.10. The second-order valence-corrected chi connectivity index (χ2v) is 4.22. The summed E-state index contributed by atoms with van der Waals surface area (Å²) in [4.78, 5) is 1.32. The molecule has 0 nitrogen and oxygen atoms in total. The maximum Gasteiger partial charge on any atom is 0.00923 e. The third-order valence-corrected chi connectivity index (χ3v) is 2.62. The SMILES string of the molecule is C=C(C)/C=C\C(=C)c1ccsc1C. The van der Waals surface area contributed by atoms with E-state index in [1.165, 1.54) is 10.4 Å². The highest BCUT2D eigenvalue weighted by atomic mass is 32.1. The fourth-order valence-electron chi connectivity index (χ4n) is 1.05. The summed E-state index contributed by atoms with van der Waals surface area (Å²) >= 11 is 1.75. The molecule has 1 aromatic heterocycles. The molecule has 0 atom stereocenters. The molecule has 0 saturated heterocycles. The lowest BCUT2D eigenvalue weighted by molar-refractivity contribution is 1.54. The van der Waals surface area contributed by atoms with Crippen LogP contribution in [0.1, 0.15) is 17.4 Å². The van der Waals surface area contributed by atoms with Crippen LogP contribution < -0.4 is 0 Å². The molecular weight excluding hydrogens is 176 g/mol. The normalized spacial score (nSPS) is 10.6.